The Kier molecular flexibility index (Phi) is 6.96. The summed E-state index contributed by atoms with van der Waals surface area (Å²) < 4.78 is 12.0. The molecule has 2 aromatic rings. The van der Waals surface area contributed by atoms with Crippen molar-refractivity contribution >= 4 is 45.1 Å². The second-order valence-corrected chi connectivity index (χ2v) is 6.73. The second kappa shape index (κ2) is 8.75. The quantitative estimate of drug-likeness (QED) is 0.402. The van der Waals surface area contributed by atoms with Gasteiger partial charge in [0.25, 0.3) is 0 Å². The average Bonchev–Trinajstić information content (AvgIpc) is 2.56. The summed E-state index contributed by atoms with van der Waals surface area (Å²) in [6.07, 6.45) is 1.12. The Morgan fingerprint density at radius 3 is 2.54 bits per heavy atom. The first-order valence-corrected chi connectivity index (χ1v) is 9.09. The Balaban J connectivity index is 2.23. The van der Waals surface area contributed by atoms with Gasteiger partial charge >= 0.3 is 5.97 Å². The van der Waals surface area contributed by atoms with Gasteiger partial charge in [-0.2, -0.15) is 0 Å². The van der Waals surface area contributed by atoms with Crippen LogP contribution in [0.4, 0.5) is 0 Å². The van der Waals surface area contributed by atoms with Crippen molar-refractivity contribution in [1.29, 1.82) is 0 Å². The highest BCUT2D eigenvalue weighted by Crippen LogP contribution is 2.34. The molecule has 6 heteroatoms. The highest BCUT2D eigenvalue weighted by molar-refractivity contribution is 9.10. The van der Waals surface area contributed by atoms with Crippen LogP contribution in [0.25, 0.3) is 0 Å². The average molecular weight is 432 g/mol. The molecule has 0 N–H and O–H groups in total. The molecular weight excluding hydrogens is 415 g/mol. The van der Waals surface area contributed by atoms with Gasteiger partial charge in [-0.05, 0) is 46.1 Å². The molecule has 128 valence electrons. The Hall–Kier alpha value is -1.23. The van der Waals surface area contributed by atoms with Crippen LogP contribution < -0.4 is 9.47 Å². The fourth-order valence-corrected chi connectivity index (χ4v) is 3.08. The molecule has 2 rings (SSSR count). The lowest BCUT2D eigenvalue weighted by molar-refractivity contribution is -0.134. The zero-order valence-electron chi connectivity index (χ0n) is 13.4. The van der Waals surface area contributed by atoms with Crippen LogP contribution in [-0.4, -0.2) is 5.97 Å². The van der Waals surface area contributed by atoms with E-state index in [9.17, 15) is 4.79 Å². The Bertz CT molecular complexity index is 747. The van der Waals surface area contributed by atoms with Gasteiger partial charge in [-0.25, -0.2) is 0 Å². The van der Waals surface area contributed by atoms with Gasteiger partial charge in [-0.15, -0.1) is 0 Å². The van der Waals surface area contributed by atoms with E-state index in [2.05, 4.69) is 15.9 Å². The standard InChI is InChI=1S/C18H17BrCl2O3/c1-3-11-8-13(19)17(9-15(11)21)23-10-12-14(20)6-5-7-16(12)24-18(22)4-2/h5-9H,3-4,10H2,1-2H3. The van der Waals surface area contributed by atoms with Gasteiger partial charge in [-0.1, -0.05) is 43.1 Å². The number of rotatable bonds is 6. The number of halogens is 3. The van der Waals surface area contributed by atoms with E-state index in [1.165, 1.54) is 0 Å². The SMILES string of the molecule is CCC(=O)Oc1cccc(Cl)c1COc1cc(Cl)c(CC)cc1Br. The molecule has 0 spiro atoms. The fourth-order valence-electron chi connectivity index (χ4n) is 2.07. The maximum absolute atomic E-state index is 11.6. The summed E-state index contributed by atoms with van der Waals surface area (Å²) >= 11 is 16.0. The molecule has 0 aliphatic rings. The third-order valence-corrected chi connectivity index (χ3v) is 4.77. The summed E-state index contributed by atoms with van der Waals surface area (Å²) in [5.41, 5.74) is 1.65. The lowest BCUT2D eigenvalue weighted by Gasteiger charge is -2.14. The molecule has 0 saturated heterocycles. The number of hydrogen-bond donors (Lipinski definition) is 0. The fraction of sp³-hybridized carbons (Fsp3) is 0.278. The van der Waals surface area contributed by atoms with E-state index >= 15 is 0 Å². The minimum atomic E-state index is -0.324. The highest BCUT2D eigenvalue weighted by atomic mass is 79.9. The number of esters is 1. The van der Waals surface area contributed by atoms with E-state index in [-0.39, 0.29) is 19.0 Å². The van der Waals surface area contributed by atoms with Crippen LogP contribution in [-0.2, 0) is 17.8 Å². The van der Waals surface area contributed by atoms with Crippen LogP contribution in [0.15, 0.2) is 34.8 Å². The van der Waals surface area contributed by atoms with E-state index in [1.54, 1.807) is 31.2 Å². The van der Waals surface area contributed by atoms with Crippen LogP contribution >= 0.6 is 39.1 Å². The van der Waals surface area contributed by atoms with Gasteiger partial charge in [0, 0.05) is 17.5 Å². The normalized spacial score (nSPS) is 10.5. The summed E-state index contributed by atoms with van der Waals surface area (Å²) in [6.45, 7) is 3.93. The van der Waals surface area contributed by atoms with Crippen molar-refractivity contribution in [2.45, 2.75) is 33.3 Å². The van der Waals surface area contributed by atoms with Gasteiger partial charge in [-0.3, -0.25) is 4.79 Å². The minimum Gasteiger partial charge on any atom is -0.487 e. The monoisotopic (exact) mass is 430 g/mol. The molecular formula is C18H17BrCl2O3. The summed E-state index contributed by atoms with van der Waals surface area (Å²) in [5, 5.41) is 1.12. The predicted octanol–water partition coefficient (Wildman–Crippen LogP) is 6.21. The number of aryl methyl sites for hydroxylation is 1. The Morgan fingerprint density at radius 2 is 1.88 bits per heavy atom. The van der Waals surface area contributed by atoms with Crippen molar-refractivity contribution in [3.05, 3.63) is 56.0 Å². The summed E-state index contributed by atoms with van der Waals surface area (Å²) in [6, 6.07) is 8.85. The van der Waals surface area contributed by atoms with E-state index < -0.39 is 0 Å². The summed E-state index contributed by atoms with van der Waals surface area (Å²) in [4.78, 5) is 11.6. The summed E-state index contributed by atoms with van der Waals surface area (Å²) in [7, 11) is 0. The van der Waals surface area contributed by atoms with Crippen molar-refractivity contribution in [3.8, 4) is 11.5 Å². The van der Waals surface area contributed by atoms with E-state index in [0.717, 1.165) is 16.5 Å². The molecule has 0 unspecified atom stereocenters. The first kappa shape index (κ1) is 19.1. The molecule has 0 bridgehead atoms. The summed E-state index contributed by atoms with van der Waals surface area (Å²) in [5.74, 6) is 0.682. The van der Waals surface area contributed by atoms with Gasteiger partial charge in [0.1, 0.15) is 18.1 Å². The second-order valence-electron chi connectivity index (χ2n) is 5.06. The zero-order valence-corrected chi connectivity index (χ0v) is 16.5. The van der Waals surface area contributed by atoms with Crippen molar-refractivity contribution in [2.24, 2.45) is 0 Å². The van der Waals surface area contributed by atoms with Crippen LogP contribution in [0, 0.1) is 0 Å². The molecule has 3 nitrogen and oxygen atoms in total. The maximum atomic E-state index is 11.6. The van der Waals surface area contributed by atoms with E-state index in [0.29, 0.717) is 27.1 Å². The molecule has 0 atom stereocenters. The third kappa shape index (κ3) is 4.65. The molecule has 0 aliphatic heterocycles. The minimum absolute atomic E-state index is 0.159. The van der Waals surface area contributed by atoms with E-state index in [4.69, 9.17) is 32.7 Å². The maximum Gasteiger partial charge on any atom is 0.310 e. The largest absolute Gasteiger partial charge is 0.487 e. The third-order valence-electron chi connectivity index (χ3n) is 3.44. The van der Waals surface area contributed by atoms with E-state index in [1.807, 2.05) is 13.0 Å². The van der Waals surface area contributed by atoms with Crippen LogP contribution in [0.5, 0.6) is 11.5 Å². The number of hydrogen-bond acceptors (Lipinski definition) is 3. The molecule has 0 radical (unpaired) electrons. The van der Waals surface area contributed by atoms with Crippen LogP contribution in [0.3, 0.4) is 0 Å². The lowest BCUT2D eigenvalue weighted by Crippen LogP contribution is -2.09. The van der Waals surface area contributed by atoms with Crippen molar-refractivity contribution in [2.75, 3.05) is 0 Å². The highest BCUT2D eigenvalue weighted by Gasteiger charge is 2.14. The Morgan fingerprint density at radius 1 is 1.12 bits per heavy atom. The van der Waals surface area contributed by atoms with Crippen LogP contribution in [0.2, 0.25) is 10.0 Å². The molecule has 24 heavy (non-hydrogen) atoms. The first-order chi connectivity index (χ1) is 11.5. The first-order valence-electron chi connectivity index (χ1n) is 7.55. The molecule has 0 heterocycles. The number of carbonyl (C=O) groups excluding carboxylic acids is 1. The van der Waals surface area contributed by atoms with Gasteiger partial charge in [0.05, 0.1) is 15.1 Å². The van der Waals surface area contributed by atoms with Gasteiger partial charge in [0.15, 0.2) is 0 Å². The molecule has 0 aromatic heterocycles. The molecule has 0 saturated carbocycles. The molecule has 0 amide bonds. The molecule has 0 aliphatic carbocycles. The Labute approximate surface area is 160 Å². The van der Waals surface area contributed by atoms with Gasteiger partial charge < -0.3 is 9.47 Å². The zero-order chi connectivity index (χ0) is 17.7. The van der Waals surface area contributed by atoms with Crippen molar-refractivity contribution in [3.63, 3.8) is 0 Å². The number of ether oxygens (including phenoxy) is 2. The van der Waals surface area contributed by atoms with Crippen molar-refractivity contribution < 1.29 is 14.3 Å². The topological polar surface area (TPSA) is 35.5 Å². The van der Waals surface area contributed by atoms with Gasteiger partial charge in [0.2, 0.25) is 0 Å². The lowest BCUT2D eigenvalue weighted by atomic mass is 10.1. The molecule has 0 fully saturated rings. The van der Waals surface area contributed by atoms with Crippen molar-refractivity contribution in [1.82, 2.24) is 0 Å². The van der Waals surface area contributed by atoms with Crippen LogP contribution in [0.1, 0.15) is 31.4 Å². The predicted molar refractivity (Wildman–Crippen MR) is 100 cm³/mol. The smallest absolute Gasteiger partial charge is 0.310 e. The number of benzene rings is 2. The molecule has 2 aromatic carbocycles. The number of carbonyl (C=O) groups is 1.